The fraction of sp³-hybridized carbons (Fsp3) is 0.400. The first kappa shape index (κ1) is 18.8. The summed E-state index contributed by atoms with van der Waals surface area (Å²) >= 11 is 0. The van der Waals surface area contributed by atoms with Crippen LogP contribution in [0.25, 0.3) is 0 Å². The lowest BCUT2D eigenvalue weighted by Crippen LogP contribution is -2.39. The number of carbonyl (C=O) groups excluding carboxylic acids is 2. The first-order valence-electron chi connectivity index (χ1n) is 9.20. The van der Waals surface area contributed by atoms with E-state index in [9.17, 15) is 9.59 Å². The topological polar surface area (TPSA) is 84.4 Å². The number of amides is 1. The number of anilines is 2. The van der Waals surface area contributed by atoms with Crippen LogP contribution < -0.4 is 10.2 Å². The van der Waals surface area contributed by atoms with E-state index in [0.717, 1.165) is 31.6 Å². The SMILES string of the molecule is CCC1CCCCN1c1cc(C(=O)Nc2ccc(C(=O)OC)cc2)ncn1. The maximum absolute atomic E-state index is 12.6. The number of nitrogens with zero attached hydrogens (tertiary/aromatic N) is 3. The number of hydrogen-bond donors (Lipinski definition) is 1. The predicted molar refractivity (Wildman–Crippen MR) is 103 cm³/mol. The zero-order valence-corrected chi connectivity index (χ0v) is 15.6. The van der Waals surface area contributed by atoms with Crippen LogP contribution in [0.3, 0.4) is 0 Å². The molecule has 3 rings (SSSR count). The Morgan fingerprint density at radius 2 is 2.00 bits per heavy atom. The smallest absolute Gasteiger partial charge is 0.337 e. The van der Waals surface area contributed by atoms with E-state index in [1.54, 1.807) is 30.3 Å². The summed E-state index contributed by atoms with van der Waals surface area (Å²) in [5, 5.41) is 2.80. The largest absolute Gasteiger partial charge is 0.465 e. The third-order valence-corrected chi connectivity index (χ3v) is 4.84. The normalized spacial score (nSPS) is 16.7. The van der Waals surface area contributed by atoms with Gasteiger partial charge in [0.15, 0.2) is 0 Å². The molecule has 1 unspecified atom stereocenters. The Hall–Kier alpha value is -2.96. The molecule has 7 nitrogen and oxygen atoms in total. The molecule has 1 aliphatic rings. The van der Waals surface area contributed by atoms with Crippen molar-refractivity contribution in [2.24, 2.45) is 0 Å². The standard InChI is InChI=1S/C20H24N4O3/c1-3-16-6-4-5-11-24(16)18-12-17(21-13-22-18)19(25)23-15-9-7-14(8-10-15)20(26)27-2/h7-10,12-13,16H,3-6,11H2,1-2H3,(H,23,25). The van der Waals surface area contributed by atoms with Crippen LogP contribution in [0.2, 0.25) is 0 Å². The molecule has 1 aromatic heterocycles. The van der Waals surface area contributed by atoms with Crippen LogP contribution in [-0.2, 0) is 4.74 Å². The number of methoxy groups -OCH3 is 1. The van der Waals surface area contributed by atoms with Crippen molar-refractivity contribution in [1.29, 1.82) is 0 Å². The molecule has 142 valence electrons. The second-order valence-corrected chi connectivity index (χ2v) is 6.54. The lowest BCUT2D eigenvalue weighted by atomic mass is 10.00. The van der Waals surface area contributed by atoms with Crippen molar-refractivity contribution in [3.8, 4) is 0 Å². The molecular weight excluding hydrogens is 344 g/mol. The summed E-state index contributed by atoms with van der Waals surface area (Å²) in [5.74, 6) is 0.0672. The second kappa shape index (κ2) is 8.62. The molecule has 2 heterocycles. The quantitative estimate of drug-likeness (QED) is 0.815. The Bertz CT molecular complexity index is 807. The van der Waals surface area contributed by atoms with E-state index in [0.29, 0.717) is 23.0 Å². The van der Waals surface area contributed by atoms with E-state index in [2.05, 4.69) is 31.8 Å². The van der Waals surface area contributed by atoms with Gasteiger partial charge in [-0.05, 0) is 49.9 Å². The van der Waals surface area contributed by atoms with Gasteiger partial charge >= 0.3 is 5.97 Å². The summed E-state index contributed by atoms with van der Waals surface area (Å²) in [4.78, 5) is 34.8. The maximum atomic E-state index is 12.6. The summed E-state index contributed by atoms with van der Waals surface area (Å²) in [7, 11) is 1.33. The fourth-order valence-corrected chi connectivity index (χ4v) is 3.36. The highest BCUT2D eigenvalue weighted by Crippen LogP contribution is 2.25. The van der Waals surface area contributed by atoms with Crippen molar-refractivity contribution >= 4 is 23.4 Å². The van der Waals surface area contributed by atoms with Crippen molar-refractivity contribution in [3.05, 3.63) is 47.9 Å². The summed E-state index contributed by atoms with van der Waals surface area (Å²) in [6.07, 6.45) is 6.00. The lowest BCUT2D eigenvalue weighted by molar-refractivity contribution is 0.0600. The van der Waals surface area contributed by atoms with E-state index in [1.807, 2.05) is 0 Å². The third kappa shape index (κ3) is 4.42. The molecule has 7 heteroatoms. The number of rotatable bonds is 5. The molecule has 27 heavy (non-hydrogen) atoms. The lowest BCUT2D eigenvalue weighted by Gasteiger charge is -2.36. The number of esters is 1. The summed E-state index contributed by atoms with van der Waals surface area (Å²) in [6, 6.07) is 8.72. The van der Waals surface area contributed by atoms with Gasteiger partial charge in [-0.25, -0.2) is 14.8 Å². The molecule has 1 amide bonds. The average molecular weight is 368 g/mol. The summed E-state index contributed by atoms with van der Waals surface area (Å²) in [5.41, 5.74) is 1.32. The minimum absolute atomic E-state index is 0.311. The van der Waals surface area contributed by atoms with Gasteiger partial charge in [0.05, 0.1) is 12.7 Å². The van der Waals surface area contributed by atoms with Gasteiger partial charge in [-0.15, -0.1) is 0 Å². The number of ether oxygens (including phenoxy) is 1. The highest BCUT2D eigenvalue weighted by molar-refractivity contribution is 6.03. The van der Waals surface area contributed by atoms with Gasteiger partial charge in [0.2, 0.25) is 0 Å². The van der Waals surface area contributed by atoms with Gasteiger partial charge in [0, 0.05) is 24.3 Å². The molecule has 1 aromatic carbocycles. The molecule has 2 aromatic rings. The van der Waals surface area contributed by atoms with Crippen LogP contribution in [0.1, 0.15) is 53.5 Å². The molecule has 1 fully saturated rings. The number of nitrogens with one attached hydrogen (secondary N) is 1. The van der Waals surface area contributed by atoms with Crippen molar-refractivity contribution < 1.29 is 14.3 Å². The minimum atomic E-state index is -0.416. The second-order valence-electron chi connectivity index (χ2n) is 6.54. The monoisotopic (exact) mass is 368 g/mol. The van der Waals surface area contributed by atoms with E-state index in [4.69, 9.17) is 0 Å². The van der Waals surface area contributed by atoms with Gasteiger partial charge < -0.3 is 15.0 Å². The highest BCUT2D eigenvalue weighted by atomic mass is 16.5. The molecule has 1 N–H and O–H groups in total. The third-order valence-electron chi connectivity index (χ3n) is 4.84. The van der Waals surface area contributed by atoms with Gasteiger partial charge in [0.1, 0.15) is 17.8 Å². The van der Waals surface area contributed by atoms with Crippen molar-refractivity contribution in [2.45, 2.75) is 38.6 Å². The molecular formula is C20H24N4O3. The Morgan fingerprint density at radius 1 is 1.22 bits per heavy atom. The Kier molecular flexibility index (Phi) is 6.01. The van der Waals surface area contributed by atoms with Crippen LogP contribution in [0.5, 0.6) is 0 Å². The van der Waals surface area contributed by atoms with Gasteiger partial charge in [-0.3, -0.25) is 4.79 Å². The average Bonchev–Trinajstić information content (AvgIpc) is 2.73. The molecule has 0 saturated carbocycles. The van der Waals surface area contributed by atoms with Crippen LogP contribution in [-0.4, -0.2) is 41.5 Å². The molecule has 0 bridgehead atoms. The minimum Gasteiger partial charge on any atom is -0.465 e. The van der Waals surface area contributed by atoms with Gasteiger partial charge in [-0.2, -0.15) is 0 Å². The number of carbonyl (C=O) groups is 2. The first-order chi connectivity index (χ1) is 13.1. The first-order valence-corrected chi connectivity index (χ1v) is 9.20. The maximum Gasteiger partial charge on any atom is 0.337 e. The Labute approximate surface area is 158 Å². The van der Waals surface area contributed by atoms with Crippen molar-refractivity contribution in [3.63, 3.8) is 0 Å². The fourth-order valence-electron chi connectivity index (χ4n) is 3.36. The number of benzene rings is 1. The number of hydrogen-bond acceptors (Lipinski definition) is 6. The van der Waals surface area contributed by atoms with Gasteiger partial charge in [-0.1, -0.05) is 6.92 Å². The number of aromatic nitrogens is 2. The zero-order chi connectivity index (χ0) is 19.2. The van der Waals surface area contributed by atoms with Crippen molar-refractivity contribution in [2.75, 3.05) is 23.9 Å². The van der Waals surface area contributed by atoms with Crippen molar-refractivity contribution in [1.82, 2.24) is 9.97 Å². The van der Waals surface area contributed by atoms with E-state index >= 15 is 0 Å². The molecule has 1 atom stereocenters. The molecule has 1 aliphatic heterocycles. The van der Waals surface area contributed by atoms with Crippen LogP contribution in [0.4, 0.5) is 11.5 Å². The van der Waals surface area contributed by atoms with E-state index in [1.165, 1.54) is 19.9 Å². The zero-order valence-electron chi connectivity index (χ0n) is 15.6. The molecule has 0 aliphatic carbocycles. The van der Waals surface area contributed by atoms with Gasteiger partial charge in [0.25, 0.3) is 5.91 Å². The van der Waals surface area contributed by atoms with Crippen LogP contribution in [0.15, 0.2) is 36.7 Å². The Morgan fingerprint density at radius 3 is 2.70 bits per heavy atom. The highest BCUT2D eigenvalue weighted by Gasteiger charge is 2.23. The number of piperidine rings is 1. The predicted octanol–water partition coefficient (Wildman–Crippen LogP) is 3.28. The molecule has 0 spiro atoms. The summed E-state index contributed by atoms with van der Waals surface area (Å²) < 4.78 is 4.67. The van der Waals surface area contributed by atoms with Crippen LogP contribution >= 0.6 is 0 Å². The van der Waals surface area contributed by atoms with Crippen LogP contribution in [0, 0.1) is 0 Å². The van der Waals surface area contributed by atoms with E-state index in [-0.39, 0.29) is 5.91 Å². The Balaban J connectivity index is 1.72. The molecule has 1 saturated heterocycles. The summed E-state index contributed by atoms with van der Waals surface area (Å²) in [6.45, 7) is 3.13. The van der Waals surface area contributed by atoms with E-state index < -0.39 is 5.97 Å². The molecule has 0 radical (unpaired) electrons.